The summed E-state index contributed by atoms with van der Waals surface area (Å²) in [4.78, 5) is 2.25. The Bertz CT molecular complexity index is 408. The van der Waals surface area contributed by atoms with Crippen molar-refractivity contribution in [3.8, 4) is 0 Å². The van der Waals surface area contributed by atoms with Crippen molar-refractivity contribution in [3.63, 3.8) is 0 Å². The van der Waals surface area contributed by atoms with Crippen LogP contribution in [0.3, 0.4) is 0 Å². The smallest absolute Gasteiger partial charge is 0.0595 e. The van der Waals surface area contributed by atoms with E-state index in [-0.39, 0.29) is 6.61 Å². The highest BCUT2D eigenvalue weighted by Gasteiger charge is 2.17. The molecule has 0 saturated carbocycles. The normalized spacial score (nSPS) is 19.3. The first-order valence-corrected chi connectivity index (χ1v) is 7.45. The Labute approximate surface area is 124 Å². The van der Waals surface area contributed by atoms with Crippen LogP contribution in [0, 0.1) is 0 Å². The number of hydrogen-bond donors (Lipinski definition) is 2. The van der Waals surface area contributed by atoms with E-state index in [1.165, 1.54) is 12.8 Å². The molecule has 0 radical (unpaired) electrons. The summed E-state index contributed by atoms with van der Waals surface area (Å²) in [5.41, 5.74) is 1.13. The maximum Gasteiger partial charge on any atom is 0.0595 e. The van der Waals surface area contributed by atoms with Gasteiger partial charge in [-0.1, -0.05) is 29.3 Å². The van der Waals surface area contributed by atoms with Crippen LogP contribution >= 0.6 is 23.2 Å². The zero-order chi connectivity index (χ0) is 13.7. The molecule has 0 amide bonds. The predicted octanol–water partition coefficient (Wildman–Crippen LogP) is 2.54. The Hall–Kier alpha value is -0.320. The number of rotatable bonds is 6. The van der Waals surface area contributed by atoms with Crippen molar-refractivity contribution < 1.29 is 5.11 Å². The third kappa shape index (κ3) is 4.62. The van der Waals surface area contributed by atoms with E-state index in [1.54, 1.807) is 0 Å². The third-order valence-corrected chi connectivity index (χ3v) is 4.19. The minimum absolute atomic E-state index is 0.175. The summed E-state index contributed by atoms with van der Waals surface area (Å²) in [6, 6.07) is 6.25. The van der Waals surface area contributed by atoms with E-state index in [4.69, 9.17) is 23.2 Å². The van der Waals surface area contributed by atoms with Gasteiger partial charge in [-0.05, 0) is 37.1 Å². The van der Waals surface area contributed by atoms with Crippen molar-refractivity contribution in [1.29, 1.82) is 0 Å². The van der Waals surface area contributed by atoms with Crippen molar-refractivity contribution >= 4 is 23.2 Å². The predicted molar refractivity (Wildman–Crippen MR) is 79.8 cm³/mol. The van der Waals surface area contributed by atoms with Gasteiger partial charge in [-0.15, -0.1) is 0 Å². The molecule has 1 aromatic carbocycles. The summed E-state index contributed by atoms with van der Waals surface area (Å²) < 4.78 is 0. The second-order valence-corrected chi connectivity index (χ2v) is 5.81. The zero-order valence-electron chi connectivity index (χ0n) is 10.9. The number of nitrogens with one attached hydrogen (secondary N) is 1. The molecule has 1 fully saturated rings. The second-order valence-electron chi connectivity index (χ2n) is 5.00. The van der Waals surface area contributed by atoms with Gasteiger partial charge in [0.1, 0.15) is 0 Å². The number of aliphatic hydroxyl groups excluding tert-OH is 1. The Morgan fingerprint density at radius 3 is 2.79 bits per heavy atom. The van der Waals surface area contributed by atoms with Gasteiger partial charge in [0.2, 0.25) is 0 Å². The fourth-order valence-electron chi connectivity index (χ4n) is 2.50. The third-order valence-electron chi connectivity index (χ3n) is 3.45. The Morgan fingerprint density at radius 1 is 1.32 bits per heavy atom. The molecule has 106 valence electrons. The van der Waals surface area contributed by atoms with E-state index in [9.17, 15) is 5.11 Å². The van der Waals surface area contributed by atoms with Crippen molar-refractivity contribution in [2.45, 2.75) is 25.4 Å². The van der Waals surface area contributed by atoms with Gasteiger partial charge in [0.15, 0.2) is 0 Å². The first-order chi connectivity index (χ1) is 9.19. The average Bonchev–Trinajstić information content (AvgIpc) is 2.87. The van der Waals surface area contributed by atoms with Crippen LogP contribution in [-0.2, 0) is 6.54 Å². The molecule has 0 aliphatic carbocycles. The molecule has 1 heterocycles. The van der Waals surface area contributed by atoms with Gasteiger partial charge in [-0.25, -0.2) is 0 Å². The monoisotopic (exact) mass is 302 g/mol. The molecule has 3 nitrogen and oxygen atoms in total. The van der Waals surface area contributed by atoms with E-state index >= 15 is 0 Å². The molecule has 19 heavy (non-hydrogen) atoms. The zero-order valence-corrected chi connectivity index (χ0v) is 12.4. The molecule has 1 atom stereocenters. The maximum atomic E-state index is 9.18. The van der Waals surface area contributed by atoms with Gasteiger partial charge in [-0.2, -0.15) is 0 Å². The largest absolute Gasteiger partial charge is 0.395 e. The van der Waals surface area contributed by atoms with Crippen molar-refractivity contribution in [3.05, 3.63) is 33.8 Å². The van der Waals surface area contributed by atoms with E-state index in [0.29, 0.717) is 22.6 Å². The Balaban J connectivity index is 1.96. The lowest BCUT2D eigenvalue weighted by atomic mass is 10.1. The highest BCUT2D eigenvalue weighted by Crippen LogP contribution is 2.23. The molecule has 2 N–H and O–H groups in total. The molecule has 0 aromatic heterocycles. The van der Waals surface area contributed by atoms with Crippen LogP contribution in [0.1, 0.15) is 18.4 Å². The van der Waals surface area contributed by atoms with Crippen molar-refractivity contribution in [2.75, 3.05) is 26.2 Å². The minimum Gasteiger partial charge on any atom is -0.395 e. The van der Waals surface area contributed by atoms with Crippen LogP contribution in [0.15, 0.2) is 18.2 Å². The highest BCUT2D eigenvalue weighted by atomic mass is 35.5. The van der Waals surface area contributed by atoms with Gasteiger partial charge in [0.05, 0.1) is 16.7 Å². The molecule has 5 heteroatoms. The standard InChI is InChI=1S/C14H20Cl2N2O/c15-13-4-3-11(8-14(13)16)9-18(6-7-19)10-12-2-1-5-17-12/h3-4,8,12,17,19H,1-2,5-7,9-10H2. The lowest BCUT2D eigenvalue weighted by Crippen LogP contribution is -2.38. The molecule has 0 spiro atoms. The molecular weight excluding hydrogens is 283 g/mol. The summed E-state index contributed by atoms with van der Waals surface area (Å²) in [7, 11) is 0. The second kappa shape index (κ2) is 7.46. The summed E-state index contributed by atoms with van der Waals surface area (Å²) in [5, 5.41) is 13.8. The molecule has 1 aromatic rings. The molecule has 2 rings (SSSR count). The number of aliphatic hydroxyl groups is 1. The van der Waals surface area contributed by atoms with Gasteiger partial charge >= 0.3 is 0 Å². The quantitative estimate of drug-likeness (QED) is 0.848. The van der Waals surface area contributed by atoms with Gasteiger partial charge in [0.25, 0.3) is 0 Å². The summed E-state index contributed by atoms with van der Waals surface area (Å²) >= 11 is 12.0. The first kappa shape index (κ1) is 15.1. The maximum absolute atomic E-state index is 9.18. The van der Waals surface area contributed by atoms with E-state index in [0.717, 1.165) is 25.2 Å². The van der Waals surface area contributed by atoms with E-state index < -0.39 is 0 Å². The number of nitrogens with zero attached hydrogens (tertiary/aromatic N) is 1. The van der Waals surface area contributed by atoms with E-state index in [1.807, 2.05) is 18.2 Å². The van der Waals surface area contributed by atoms with Crippen LogP contribution in [0.25, 0.3) is 0 Å². The fourth-order valence-corrected chi connectivity index (χ4v) is 2.82. The molecule has 1 unspecified atom stereocenters. The van der Waals surface area contributed by atoms with Crippen molar-refractivity contribution in [1.82, 2.24) is 10.2 Å². The number of halogens is 2. The van der Waals surface area contributed by atoms with E-state index in [2.05, 4.69) is 10.2 Å². The fraction of sp³-hybridized carbons (Fsp3) is 0.571. The van der Waals surface area contributed by atoms with Gasteiger partial charge in [0, 0.05) is 25.7 Å². The number of benzene rings is 1. The number of hydrogen-bond acceptors (Lipinski definition) is 3. The van der Waals surface area contributed by atoms with Crippen LogP contribution in [0.5, 0.6) is 0 Å². The highest BCUT2D eigenvalue weighted by molar-refractivity contribution is 6.42. The first-order valence-electron chi connectivity index (χ1n) is 6.69. The molecule has 1 saturated heterocycles. The SMILES string of the molecule is OCCN(Cc1ccc(Cl)c(Cl)c1)CC1CCCN1. The van der Waals surface area contributed by atoms with Crippen LogP contribution in [0.2, 0.25) is 10.0 Å². The topological polar surface area (TPSA) is 35.5 Å². The summed E-state index contributed by atoms with van der Waals surface area (Å²) in [6.07, 6.45) is 2.45. The van der Waals surface area contributed by atoms with Gasteiger partial charge in [-0.3, -0.25) is 4.90 Å². The molecular formula is C14H20Cl2N2O. The lowest BCUT2D eigenvalue weighted by molar-refractivity contribution is 0.179. The average molecular weight is 303 g/mol. The van der Waals surface area contributed by atoms with Crippen LogP contribution in [-0.4, -0.2) is 42.3 Å². The lowest BCUT2D eigenvalue weighted by Gasteiger charge is -2.25. The molecule has 0 bridgehead atoms. The molecule has 1 aliphatic heterocycles. The van der Waals surface area contributed by atoms with Crippen molar-refractivity contribution in [2.24, 2.45) is 0 Å². The summed E-state index contributed by atoms with van der Waals surface area (Å²) in [5.74, 6) is 0. The minimum atomic E-state index is 0.175. The van der Waals surface area contributed by atoms with Gasteiger partial charge < -0.3 is 10.4 Å². The Morgan fingerprint density at radius 2 is 2.16 bits per heavy atom. The summed E-state index contributed by atoms with van der Waals surface area (Å²) in [6.45, 7) is 3.70. The molecule has 1 aliphatic rings. The Kier molecular flexibility index (Phi) is 5.92. The van der Waals surface area contributed by atoms with Crippen LogP contribution in [0.4, 0.5) is 0 Å². The van der Waals surface area contributed by atoms with Crippen LogP contribution < -0.4 is 5.32 Å².